The molecule has 0 saturated carbocycles. The summed E-state index contributed by atoms with van der Waals surface area (Å²) in [6.45, 7) is 14.9. The highest BCUT2D eigenvalue weighted by Crippen LogP contribution is 2.38. The summed E-state index contributed by atoms with van der Waals surface area (Å²) in [6.07, 6.45) is -0.596. The molecular formula is C34H51FN2O7. The maximum atomic E-state index is 15.8. The van der Waals surface area contributed by atoms with E-state index in [4.69, 9.17) is 14.3 Å². The number of oxime groups is 1. The summed E-state index contributed by atoms with van der Waals surface area (Å²) in [5.74, 6) is -4.64. The SMILES string of the molecule is CC[C@H]1OC(=O)[C@@](C)(F)C(=O)[C@H](C)C[C@@H](C)OC/C(=N/OCc2ccccc2)CC[C@H]([C@@H](C)C(=NC(C)=O)C(C)C)[C@]1(C)O. The molecule has 1 aromatic rings. The lowest BCUT2D eigenvalue weighted by Gasteiger charge is -2.43. The number of aliphatic imine (C=N–C) groups is 1. The molecule has 1 fully saturated rings. The van der Waals surface area contributed by atoms with Crippen LogP contribution >= 0.6 is 0 Å². The molecule has 1 N–H and O–H groups in total. The van der Waals surface area contributed by atoms with Crippen molar-refractivity contribution in [3.05, 3.63) is 35.9 Å². The van der Waals surface area contributed by atoms with Crippen LogP contribution in [-0.4, -0.2) is 64.3 Å². The Balaban J connectivity index is 2.59. The summed E-state index contributed by atoms with van der Waals surface area (Å²) in [5, 5.41) is 16.5. The Hall–Kier alpha value is -2.98. The van der Waals surface area contributed by atoms with Crippen molar-refractivity contribution in [3.63, 3.8) is 0 Å². The molecule has 1 heterocycles. The van der Waals surface area contributed by atoms with Gasteiger partial charge < -0.3 is 19.4 Å². The molecule has 2 rings (SSSR count). The number of ketones is 1. The van der Waals surface area contributed by atoms with Gasteiger partial charge in [0, 0.05) is 24.5 Å². The van der Waals surface area contributed by atoms with Crippen molar-refractivity contribution in [2.45, 2.75) is 118 Å². The Morgan fingerprint density at radius 2 is 1.80 bits per heavy atom. The molecule has 0 unspecified atom stereocenters. The minimum atomic E-state index is -2.92. The molecule has 0 bridgehead atoms. The highest BCUT2D eigenvalue weighted by Gasteiger charge is 2.50. The van der Waals surface area contributed by atoms with E-state index in [9.17, 15) is 19.5 Å². The van der Waals surface area contributed by atoms with Gasteiger partial charge in [-0.3, -0.25) is 9.59 Å². The first-order valence-corrected chi connectivity index (χ1v) is 15.6. The number of nitrogens with zero attached hydrogens (tertiary/aromatic N) is 2. The quantitative estimate of drug-likeness (QED) is 0.171. The van der Waals surface area contributed by atoms with E-state index in [1.165, 1.54) is 6.92 Å². The molecular weight excluding hydrogens is 567 g/mol. The Morgan fingerprint density at radius 3 is 2.36 bits per heavy atom. The van der Waals surface area contributed by atoms with Crippen LogP contribution in [0.5, 0.6) is 0 Å². The van der Waals surface area contributed by atoms with E-state index in [1.807, 2.05) is 51.1 Å². The predicted octanol–water partition coefficient (Wildman–Crippen LogP) is 6.05. The normalized spacial score (nSPS) is 31.6. The van der Waals surface area contributed by atoms with Gasteiger partial charge in [-0.15, -0.1) is 0 Å². The van der Waals surface area contributed by atoms with E-state index in [1.54, 1.807) is 27.7 Å². The predicted molar refractivity (Wildman–Crippen MR) is 168 cm³/mol. The van der Waals surface area contributed by atoms with Crippen LogP contribution in [0.3, 0.4) is 0 Å². The van der Waals surface area contributed by atoms with E-state index in [2.05, 4.69) is 10.1 Å². The van der Waals surface area contributed by atoms with Crippen LogP contribution in [-0.2, 0) is 35.3 Å². The zero-order valence-electron chi connectivity index (χ0n) is 27.8. The Bertz CT molecular complexity index is 1180. The summed E-state index contributed by atoms with van der Waals surface area (Å²) in [6, 6.07) is 9.58. The summed E-state index contributed by atoms with van der Waals surface area (Å²) in [7, 11) is 0. The minimum absolute atomic E-state index is 0.0816. The fourth-order valence-electron chi connectivity index (χ4n) is 6.00. The molecule has 1 aliphatic rings. The number of amides is 1. The summed E-state index contributed by atoms with van der Waals surface area (Å²) in [5.41, 5.74) is -2.52. The van der Waals surface area contributed by atoms with Gasteiger partial charge in [-0.05, 0) is 63.9 Å². The van der Waals surface area contributed by atoms with Gasteiger partial charge in [-0.2, -0.15) is 0 Å². The van der Waals surface area contributed by atoms with Crippen LogP contribution in [0.1, 0.15) is 93.6 Å². The van der Waals surface area contributed by atoms with Gasteiger partial charge in [0.2, 0.25) is 5.91 Å². The molecule has 10 heteroatoms. The molecule has 1 saturated heterocycles. The van der Waals surface area contributed by atoms with Crippen molar-refractivity contribution in [2.75, 3.05) is 6.61 Å². The lowest BCUT2D eigenvalue weighted by Crippen LogP contribution is -2.54. The molecule has 1 aliphatic heterocycles. The highest BCUT2D eigenvalue weighted by molar-refractivity contribution is 6.07. The lowest BCUT2D eigenvalue weighted by atomic mass is 9.70. The number of esters is 1. The van der Waals surface area contributed by atoms with Crippen molar-refractivity contribution in [1.82, 2.24) is 0 Å². The summed E-state index contributed by atoms with van der Waals surface area (Å²) in [4.78, 5) is 48.3. The number of hydrogen-bond acceptors (Lipinski definition) is 8. The van der Waals surface area contributed by atoms with Gasteiger partial charge in [-0.1, -0.05) is 70.1 Å². The fraction of sp³-hybridized carbons (Fsp3) is 0.676. The van der Waals surface area contributed by atoms with E-state index in [0.717, 1.165) is 12.5 Å². The van der Waals surface area contributed by atoms with Gasteiger partial charge in [0.25, 0.3) is 5.67 Å². The minimum Gasteiger partial charge on any atom is -0.457 e. The number of halogens is 1. The number of carbonyl (C=O) groups is 3. The van der Waals surface area contributed by atoms with Gasteiger partial charge >= 0.3 is 5.97 Å². The molecule has 0 spiro atoms. The maximum Gasteiger partial charge on any atom is 0.351 e. The van der Waals surface area contributed by atoms with Crippen molar-refractivity contribution >= 4 is 29.1 Å². The number of rotatable bonds is 7. The second kappa shape index (κ2) is 16.4. The molecule has 9 nitrogen and oxygen atoms in total. The van der Waals surface area contributed by atoms with Gasteiger partial charge in [0.05, 0.1) is 18.4 Å². The molecule has 1 aromatic carbocycles. The third kappa shape index (κ3) is 10.0. The van der Waals surface area contributed by atoms with E-state index in [-0.39, 0.29) is 37.9 Å². The molecule has 1 amide bonds. The number of cyclic esters (lactones) is 1. The number of hydrogen-bond donors (Lipinski definition) is 1. The van der Waals surface area contributed by atoms with Crippen molar-refractivity contribution in [3.8, 4) is 0 Å². The Kier molecular flexibility index (Phi) is 13.8. The van der Waals surface area contributed by atoms with Crippen LogP contribution in [0, 0.1) is 23.7 Å². The molecule has 44 heavy (non-hydrogen) atoms. The standard InChI is InChI=1S/C34H51FN2O7/c1-10-29-34(9,41)28(24(6)30(21(2)3)36-25(7)38)17-16-27(37-43-19-26-14-12-11-13-15-26)20-42-23(5)18-22(4)31(39)33(8,35)32(40)44-29/h11-15,21-24,28-29,41H,10,16-20H2,1-9H3/b36-30?,37-27+/t22-,23-,24-,28-,29-,33+,34+/m1/s1. The molecule has 0 radical (unpaired) electrons. The third-order valence-electron chi connectivity index (χ3n) is 8.50. The van der Waals surface area contributed by atoms with Crippen LogP contribution in [0.15, 0.2) is 40.5 Å². The van der Waals surface area contributed by atoms with Gasteiger partial charge in [0.1, 0.15) is 18.3 Å². The maximum absolute atomic E-state index is 15.8. The first-order chi connectivity index (χ1) is 20.5. The highest BCUT2D eigenvalue weighted by atomic mass is 19.1. The number of alkyl halides is 1. The summed E-state index contributed by atoms with van der Waals surface area (Å²) < 4.78 is 27.4. The molecule has 7 atom stereocenters. The Morgan fingerprint density at radius 1 is 1.16 bits per heavy atom. The van der Waals surface area contributed by atoms with Crippen molar-refractivity contribution in [1.29, 1.82) is 0 Å². The number of aliphatic hydroxyl groups is 1. The monoisotopic (exact) mass is 618 g/mol. The van der Waals surface area contributed by atoms with E-state index in [0.29, 0.717) is 24.3 Å². The zero-order valence-corrected chi connectivity index (χ0v) is 27.8. The number of benzene rings is 1. The average molecular weight is 619 g/mol. The van der Waals surface area contributed by atoms with Crippen molar-refractivity contribution < 1.29 is 38.2 Å². The zero-order chi connectivity index (χ0) is 33.2. The van der Waals surface area contributed by atoms with Crippen LogP contribution in [0.2, 0.25) is 0 Å². The fourth-order valence-corrected chi connectivity index (χ4v) is 6.00. The molecule has 246 valence electrons. The summed E-state index contributed by atoms with van der Waals surface area (Å²) >= 11 is 0. The first kappa shape index (κ1) is 37.2. The number of carbonyl (C=O) groups excluding carboxylic acids is 3. The van der Waals surface area contributed by atoms with Crippen molar-refractivity contribution in [2.24, 2.45) is 33.8 Å². The second-order valence-corrected chi connectivity index (χ2v) is 12.7. The largest absolute Gasteiger partial charge is 0.457 e. The smallest absolute Gasteiger partial charge is 0.351 e. The van der Waals surface area contributed by atoms with Crippen LogP contribution < -0.4 is 0 Å². The molecule has 0 aromatic heterocycles. The van der Waals surface area contributed by atoms with E-state index >= 15 is 4.39 Å². The van der Waals surface area contributed by atoms with Gasteiger partial charge in [0.15, 0.2) is 5.78 Å². The average Bonchev–Trinajstić information content (AvgIpc) is 2.95. The van der Waals surface area contributed by atoms with Crippen LogP contribution in [0.25, 0.3) is 0 Å². The van der Waals surface area contributed by atoms with E-state index < -0.39 is 53.0 Å². The third-order valence-corrected chi connectivity index (χ3v) is 8.50. The van der Waals surface area contributed by atoms with Gasteiger partial charge in [-0.25, -0.2) is 14.2 Å². The number of ether oxygens (including phenoxy) is 2. The Labute approximate surface area is 261 Å². The second-order valence-electron chi connectivity index (χ2n) is 12.7. The topological polar surface area (TPSA) is 124 Å². The first-order valence-electron chi connectivity index (χ1n) is 15.6. The number of Topliss-reactive ketones (excluding diaryl/α,β-unsaturated/α-hetero) is 1. The molecule has 0 aliphatic carbocycles. The van der Waals surface area contributed by atoms with Crippen LogP contribution in [0.4, 0.5) is 4.39 Å². The lowest BCUT2D eigenvalue weighted by molar-refractivity contribution is -0.186.